The lowest BCUT2D eigenvalue weighted by Gasteiger charge is -2.29. The summed E-state index contributed by atoms with van der Waals surface area (Å²) in [5.74, 6) is 4.17. The van der Waals surface area contributed by atoms with E-state index in [1.807, 2.05) is 22.7 Å². The highest BCUT2D eigenvalue weighted by atomic mass is 32.2. The maximum Gasteiger partial charge on any atom is 0.211 e. The van der Waals surface area contributed by atoms with E-state index in [1.165, 1.54) is 236 Å². The van der Waals surface area contributed by atoms with E-state index in [4.69, 9.17) is 9.47 Å². The van der Waals surface area contributed by atoms with E-state index in [0.717, 1.165) is 95.8 Å². The fourth-order valence-corrected chi connectivity index (χ4v) is 24.7. The first-order chi connectivity index (χ1) is 50.8. The molecular formula is C87H116N10O4S3. The van der Waals surface area contributed by atoms with Crippen molar-refractivity contribution < 1.29 is 17.9 Å². The van der Waals surface area contributed by atoms with E-state index in [2.05, 4.69) is 180 Å². The molecule has 5 saturated carbocycles. The van der Waals surface area contributed by atoms with Gasteiger partial charge in [0.1, 0.15) is 0 Å². The van der Waals surface area contributed by atoms with Crippen LogP contribution in [0.25, 0.3) is 20.2 Å². The van der Waals surface area contributed by atoms with Gasteiger partial charge in [-0.25, -0.2) is 12.7 Å². The Hall–Kier alpha value is -5.31. The molecule has 2 aromatic heterocycles. The predicted molar refractivity (Wildman–Crippen MR) is 433 cm³/mol. The maximum atomic E-state index is 11.8. The Morgan fingerprint density at radius 3 is 1.14 bits per heavy atom. The van der Waals surface area contributed by atoms with Gasteiger partial charge in [0.05, 0.1) is 32.7 Å². The molecule has 12 heterocycles. The molecule has 2 N–H and O–H groups in total. The van der Waals surface area contributed by atoms with Crippen LogP contribution in [-0.2, 0) is 46.6 Å². The summed E-state index contributed by atoms with van der Waals surface area (Å²) in [4.78, 5) is 20.9. The molecule has 15 fully saturated rings. The molecule has 17 heteroatoms. The van der Waals surface area contributed by atoms with Crippen molar-refractivity contribution in [1.29, 1.82) is 0 Å². The predicted octanol–water partition coefficient (Wildman–Crippen LogP) is 13.9. The lowest BCUT2D eigenvalue weighted by Crippen LogP contribution is -2.36. The Balaban J connectivity index is 0.0000000928. The zero-order chi connectivity index (χ0) is 70.3. The number of hydrogen-bond donors (Lipinski definition) is 2. The third-order valence-corrected chi connectivity index (χ3v) is 32.1. The van der Waals surface area contributed by atoms with Crippen LogP contribution < -0.4 is 35.1 Å². The molecule has 15 aliphatic rings. The zero-order valence-corrected chi connectivity index (χ0v) is 65.1. The van der Waals surface area contributed by atoms with E-state index >= 15 is 0 Å². The topological polar surface area (TPSA) is 103 Å². The number of rotatable bonds is 13. The van der Waals surface area contributed by atoms with Crippen LogP contribution in [-0.4, -0.2) is 199 Å². The molecule has 10 unspecified atom stereocenters. The number of fused-ring (bicyclic) bond motifs is 7. The average Bonchev–Trinajstić information content (AvgIpc) is 1.55. The number of thiophene rings is 2. The summed E-state index contributed by atoms with van der Waals surface area (Å²) >= 11 is 4.04. The number of likely N-dealkylation sites (tertiary alicyclic amines) is 2. The van der Waals surface area contributed by atoms with Crippen molar-refractivity contribution in [1.82, 2.24) is 24.7 Å². The van der Waals surface area contributed by atoms with Gasteiger partial charge in [-0.1, -0.05) is 50.2 Å². The van der Waals surface area contributed by atoms with Crippen molar-refractivity contribution in [2.45, 2.75) is 131 Å². The lowest BCUT2D eigenvalue weighted by atomic mass is 9.94. The zero-order valence-electron chi connectivity index (χ0n) is 62.7. The highest BCUT2D eigenvalue weighted by Crippen LogP contribution is 2.63. The van der Waals surface area contributed by atoms with Gasteiger partial charge in [-0.05, 0) is 258 Å². The number of benzene rings is 5. The molecule has 14 nitrogen and oxygen atoms in total. The minimum absolute atomic E-state index is 0.101. The molecule has 0 amide bonds. The van der Waals surface area contributed by atoms with Crippen LogP contribution >= 0.6 is 22.7 Å². The number of likely N-dealkylation sites (N-methyl/N-ethyl adjacent to an activating group) is 2. The molecule has 5 aromatic carbocycles. The SMILES string of the molecule is CCN1CC2CC2(c2cc3cc(N4CCOCC4)ccc3s2)C1.CCN1CC2CC2(c2ccc(N3CCCCC3)cc2)C1.CS(=O)(=O)N1CC2CC2(c2ccc(N3CCCCC3)cc2)C1.c1cc(C23CNCC2C3)ccc1N1CCCCC1.c1cc2sc(C34CNCC3C4)cc2cc1N1CCOCC1. The van der Waals surface area contributed by atoms with Crippen LogP contribution in [0.5, 0.6) is 0 Å². The molecule has 22 rings (SSSR count). The summed E-state index contributed by atoms with van der Waals surface area (Å²) in [6.45, 7) is 33.1. The Morgan fingerprint density at radius 2 is 0.750 bits per heavy atom. The molecule has 556 valence electrons. The second kappa shape index (κ2) is 28.9. The molecule has 0 bridgehead atoms. The molecule has 0 spiro atoms. The van der Waals surface area contributed by atoms with Gasteiger partial charge >= 0.3 is 0 Å². The number of ether oxygens (including phenoxy) is 2. The molecule has 5 aliphatic carbocycles. The molecule has 104 heavy (non-hydrogen) atoms. The van der Waals surface area contributed by atoms with Gasteiger partial charge in [0.25, 0.3) is 0 Å². The van der Waals surface area contributed by atoms with Gasteiger partial charge in [0.15, 0.2) is 0 Å². The Bertz CT molecular complexity index is 4250. The monoisotopic (exact) mass is 1460 g/mol. The number of piperidine rings is 8. The second-order valence-corrected chi connectivity index (χ2v) is 38.6. The van der Waals surface area contributed by atoms with E-state index < -0.39 is 10.0 Å². The summed E-state index contributed by atoms with van der Waals surface area (Å²) in [6.07, 6.45) is 20.3. The first-order valence-corrected chi connectivity index (χ1v) is 44.4. The average molecular weight is 1460 g/mol. The van der Waals surface area contributed by atoms with E-state index in [1.54, 1.807) is 25.2 Å². The van der Waals surface area contributed by atoms with Gasteiger partial charge in [-0.2, -0.15) is 0 Å². The van der Waals surface area contributed by atoms with Crippen LogP contribution in [0.3, 0.4) is 0 Å². The number of nitrogens with one attached hydrogen (secondary N) is 2. The van der Waals surface area contributed by atoms with Crippen molar-refractivity contribution in [2.24, 2.45) is 29.6 Å². The number of nitrogens with zero attached hydrogens (tertiary/aromatic N) is 8. The van der Waals surface area contributed by atoms with E-state index in [0.29, 0.717) is 40.7 Å². The third kappa shape index (κ3) is 13.9. The van der Waals surface area contributed by atoms with Gasteiger partial charge in [0.2, 0.25) is 10.0 Å². The standard InChI is InChI=1S/C19H24N2OS.C18H26N2.C17H24N2O2S.C17H20N2OS.C16H22N2/c1-2-20-12-15-11-19(15,13-20)18-10-14-9-16(3-4-17(14)23-18)21-5-7-22-8-6-21;1-2-19-13-16-12-18(16,14-19)15-6-8-17(9-7-15)20-10-4-3-5-11-20;1-22(20,21)19-12-15-11-17(15,13-19)14-5-7-16(8-6-14)18-9-3-2-4-10-18;1-2-15-12(7-14(1)19-3-5-20-6-4-19)8-16(21-15)17-9-13(17)10-18-11-17;1-2-8-18(9-3-1)15-6-4-13(5-7-15)16-10-14(16)11-17-12-16/h3-4,9-10,15H,2,5-8,11-13H2,1H3;6-9,16H,2-5,10-14H2,1H3;5-8,15H,2-4,9-13H2,1H3;1-2,7-8,13,18H,3-6,9-11H2;4-7,14,17H,1-3,8-12H2. The summed E-state index contributed by atoms with van der Waals surface area (Å²) in [7, 11) is -3.05. The fraction of sp³-hybridized carbons (Fsp3) is 0.609. The summed E-state index contributed by atoms with van der Waals surface area (Å²) in [5, 5.41) is 9.94. The van der Waals surface area contributed by atoms with Crippen molar-refractivity contribution in [3.8, 4) is 0 Å². The normalized spacial score (nSPS) is 32.3. The number of sulfonamides is 1. The quantitative estimate of drug-likeness (QED) is 0.115. The van der Waals surface area contributed by atoms with E-state index in [-0.39, 0.29) is 5.41 Å². The fourth-order valence-electron chi connectivity index (χ4n) is 21.2. The number of morpholine rings is 2. The smallest absolute Gasteiger partial charge is 0.211 e. The highest BCUT2D eigenvalue weighted by molar-refractivity contribution is 7.88. The maximum absolute atomic E-state index is 11.8. The number of anilines is 5. The van der Waals surface area contributed by atoms with Gasteiger partial charge < -0.3 is 54.4 Å². The molecule has 10 aliphatic heterocycles. The van der Waals surface area contributed by atoms with Crippen molar-refractivity contribution in [3.63, 3.8) is 0 Å². The lowest BCUT2D eigenvalue weighted by molar-refractivity contribution is 0.122. The first kappa shape index (κ1) is 70.4. The van der Waals surface area contributed by atoms with Crippen LogP contribution in [0, 0.1) is 29.6 Å². The summed E-state index contributed by atoms with van der Waals surface area (Å²) in [5.41, 5.74) is 13.5. The number of hydrogen-bond acceptors (Lipinski definition) is 15. The third-order valence-electron chi connectivity index (χ3n) is 28.3. The van der Waals surface area contributed by atoms with Gasteiger partial charge in [0, 0.05) is 192 Å². The van der Waals surface area contributed by atoms with Crippen LogP contribution in [0.2, 0.25) is 0 Å². The van der Waals surface area contributed by atoms with Crippen molar-refractivity contribution >= 4 is 81.3 Å². The van der Waals surface area contributed by atoms with Crippen molar-refractivity contribution in [3.05, 3.63) is 148 Å². The van der Waals surface area contributed by atoms with E-state index in [9.17, 15) is 8.42 Å². The Morgan fingerprint density at radius 1 is 0.394 bits per heavy atom. The van der Waals surface area contributed by atoms with Gasteiger partial charge in [-0.15, -0.1) is 22.7 Å². The minimum Gasteiger partial charge on any atom is -0.378 e. The van der Waals surface area contributed by atoms with Crippen LogP contribution in [0.4, 0.5) is 28.4 Å². The Kier molecular flexibility index (Phi) is 19.6. The first-order valence-electron chi connectivity index (χ1n) is 40.9. The summed E-state index contributed by atoms with van der Waals surface area (Å²) in [6, 6.07) is 46.9. The van der Waals surface area contributed by atoms with Gasteiger partial charge in [-0.3, -0.25) is 0 Å². The Labute approximate surface area is 629 Å². The molecule has 7 aromatic rings. The highest BCUT2D eigenvalue weighted by Gasteiger charge is 2.64. The van der Waals surface area contributed by atoms with Crippen LogP contribution in [0.1, 0.15) is 130 Å². The minimum atomic E-state index is -3.05. The second-order valence-electron chi connectivity index (χ2n) is 34.4. The molecular weight excluding hydrogens is 1350 g/mol. The van der Waals surface area contributed by atoms with Crippen LogP contribution in [0.15, 0.2) is 121 Å². The largest absolute Gasteiger partial charge is 0.378 e. The van der Waals surface area contributed by atoms with Crippen molar-refractivity contribution in [2.75, 3.05) is 201 Å². The molecule has 0 radical (unpaired) electrons. The summed E-state index contributed by atoms with van der Waals surface area (Å²) < 4.78 is 39.0. The molecule has 10 saturated heterocycles. The molecule has 10 atom stereocenters.